The highest BCUT2D eigenvalue weighted by Crippen LogP contribution is 2.42. The Morgan fingerprint density at radius 2 is 1.17 bits per heavy atom. The summed E-state index contributed by atoms with van der Waals surface area (Å²) >= 11 is 7.35. The zero-order valence-corrected chi connectivity index (χ0v) is 13.1. The van der Waals surface area contributed by atoms with Crippen molar-refractivity contribution >= 4 is 31.9 Å². The minimum absolute atomic E-state index is 0.112. The van der Waals surface area contributed by atoms with Crippen LogP contribution in [0.3, 0.4) is 0 Å². The van der Waals surface area contributed by atoms with E-state index in [9.17, 15) is 4.39 Å². The summed E-state index contributed by atoms with van der Waals surface area (Å²) < 4.78 is 12.9. The Labute approximate surface area is 123 Å². The second kappa shape index (κ2) is 5.98. The first-order chi connectivity index (χ1) is 8.58. The van der Waals surface area contributed by atoms with Gasteiger partial charge in [0.05, 0.1) is 9.65 Å². The van der Waals surface area contributed by atoms with Crippen molar-refractivity contribution in [1.29, 1.82) is 0 Å². The van der Waals surface area contributed by atoms with Gasteiger partial charge >= 0.3 is 0 Å². The van der Waals surface area contributed by atoms with Gasteiger partial charge in [0, 0.05) is 0 Å². The Kier molecular flexibility index (Phi) is 4.57. The number of hydrogen-bond acceptors (Lipinski definition) is 0. The van der Waals surface area contributed by atoms with Gasteiger partial charge in [-0.15, -0.1) is 0 Å². The molecule has 0 spiro atoms. The van der Waals surface area contributed by atoms with Gasteiger partial charge in [-0.3, -0.25) is 0 Å². The van der Waals surface area contributed by atoms with E-state index in [1.165, 1.54) is 23.3 Å². The Balaban J connectivity index is 2.20. The van der Waals surface area contributed by atoms with Crippen molar-refractivity contribution in [3.05, 3.63) is 71.0 Å². The van der Waals surface area contributed by atoms with Crippen LogP contribution in [0.4, 0.5) is 4.39 Å². The molecule has 0 heterocycles. The first-order valence-electron chi connectivity index (χ1n) is 5.68. The predicted octanol–water partition coefficient (Wildman–Crippen LogP) is 5.71. The van der Waals surface area contributed by atoms with Crippen LogP contribution in [0.2, 0.25) is 0 Å². The summed E-state index contributed by atoms with van der Waals surface area (Å²) in [6.45, 7) is 2.07. The Hall–Kier alpha value is -0.670. The van der Waals surface area contributed by atoms with Gasteiger partial charge in [0.1, 0.15) is 5.82 Å². The highest BCUT2D eigenvalue weighted by atomic mass is 79.9. The van der Waals surface area contributed by atoms with Crippen LogP contribution in [-0.2, 0) is 0 Å². The van der Waals surface area contributed by atoms with Crippen LogP contribution in [-0.4, -0.2) is 0 Å². The van der Waals surface area contributed by atoms with Gasteiger partial charge in [0.25, 0.3) is 0 Å². The van der Waals surface area contributed by atoms with Crippen LogP contribution in [0, 0.1) is 12.7 Å². The maximum atomic E-state index is 12.9. The molecule has 0 saturated heterocycles. The van der Waals surface area contributed by atoms with Gasteiger partial charge in [-0.1, -0.05) is 73.8 Å². The molecular weight excluding hydrogens is 359 g/mol. The van der Waals surface area contributed by atoms with Gasteiger partial charge in [-0.05, 0) is 30.2 Å². The Morgan fingerprint density at radius 3 is 1.61 bits per heavy atom. The molecule has 0 aliphatic rings. The molecule has 0 amide bonds. The summed E-state index contributed by atoms with van der Waals surface area (Å²) in [6, 6.07) is 15.0. The van der Waals surface area contributed by atoms with E-state index in [0.717, 1.165) is 5.56 Å². The monoisotopic (exact) mass is 370 g/mol. The van der Waals surface area contributed by atoms with Crippen molar-refractivity contribution in [1.82, 2.24) is 0 Å². The molecule has 0 radical (unpaired) electrons. The predicted molar refractivity (Wildman–Crippen MR) is 80.9 cm³/mol. The van der Waals surface area contributed by atoms with Crippen LogP contribution < -0.4 is 0 Å². The highest BCUT2D eigenvalue weighted by Gasteiger charge is 2.19. The van der Waals surface area contributed by atoms with E-state index in [-0.39, 0.29) is 15.5 Å². The molecule has 2 rings (SSSR count). The molecule has 94 valence electrons. The number of aryl methyl sites for hydroxylation is 1. The third-order valence-electron chi connectivity index (χ3n) is 2.84. The molecule has 2 atom stereocenters. The van der Waals surface area contributed by atoms with Gasteiger partial charge < -0.3 is 0 Å². The summed E-state index contributed by atoms with van der Waals surface area (Å²) in [5.74, 6) is -0.208. The Morgan fingerprint density at radius 1 is 0.778 bits per heavy atom. The van der Waals surface area contributed by atoms with Crippen LogP contribution >= 0.6 is 31.9 Å². The molecule has 18 heavy (non-hydrogen) atoms. The smallest absolute Gasteiger partial charge is 0.123 e. The van der Waals surface area contributed by atoms with E-state index in [1.54, 1.807) is 12.1 Å². The van der Waals surface area contributed by atoms with Crippen molar-refractivity contribution < 1.29 is 4.39 Å². The van der Waals surface area contributed by atoms with E-state index in [4.69, 9.17) is 0 Å². The third-order valence-corrected chi connectivity index (χ3v) is 5.67. The molecule has 0 fully saturated rings. The standard InChI is InChI=1S/C15H13Br2F/c1-10-2-4-11(5-3-10)14(16)15(17)12-6-8-13(18)9-7-12/h2-9,14-15H,1H3/t14-,15-/m1/s1. The lowest BCUT2D eigenvalue weighted by Gasteiger charge is -2.17. The summed E-state index contributed by atoms with van der Waals surface area (Å²) in [5, 5.41) is 0. The lowest BCUT2D eigenvalue weighted by atomic mass is 10.0. The van der Waals surface area contributed by atoms with Gasteiger partial charge in [0.2, 0.25) is 0 Å². The number of alkyl halides is 2. The lowest BCUT2D eigenvalue weighted by molar-refractivity contribution is 0.627. The maximum absolute atomic E-state index is 12.9. The fourth-order valence-electron chi connectivity index (χ4n) is 1.73. The molecule has 0 unspecified atom stereocenters. The molecule has 2 aromatic carbocycles. The average molecular weight is 372 g/mol. The maximum Gasteiger partial charge on any atom is 0.123 e. The average Bonchev–Trinajstić information content (AvgIpc) is 2.39. The van der Waals surface area contributed by atoms with Crippen molar-refractivity contribution in [2.24, 2.45) is 0 Å². The molecule has 0 aliphatic heterocycles. The first kappa shape index (κ1) is 13.8. The third kappa shape index (κ3) is 3.21. The summed E-state index contributed by atoms with van der Waals surface area (Å²) in [7, 11) is 0. The topological polar surface area (TPSA) is 0 Å². The summed E-state index contributed by atoms with van der Waals surface area (Å²) in [4.78, 5) is 0.268. The van der Waals surface area contributed by atoms with E-state index in [1.807, 2.05) is 0 Å². The second-order valence-corrected chi connectivity index (χ2v) is 6.24. The summed E-state index contributed by atoms with van der Waals surface area (Å²) in [5.41, 5.74) is 3.50. The quantitative estimate of drug-likeness (QED) is 0.606. The fourth-order valence-corrected chi connectivity index (χ4v) is 2.96. The van der Waals surface area contributed by atoms with E-state index >= 15 is 0 Å². The van der Waals surface area contributed by atoms with Crippen LogP contribution in [0.5, 0.6) is 0 Å². The molecule has 2 aromatic rings. The minimum Gasteiger partial charge on any atom is -0.207 e. The van der Waals surface area contributed by atoms with Crippen molar-refractivity contribution in [2.45, 2.75) is 16.6 Å². The SMILES string of the molecule is Cc1ccc([C@@H](Br)[C@H](Br)c2ccc(F)cc2)cc1. The minimum atomic E-state index is -0.208. The summed E-state index contributed by atoms with van der Waals surface area (Å²) in [6.07, 6.45) is 0. The van der Waals surface area contributed by atoms with Crippen molar-refractivity contribution in [3.8, 4) is 0 Å². The molecule has 0 aliphatic carbocycles. The van der Waals surface area contributed by atoms with Crippen molar-refractivity contribution in [2.75, 3.05) is 0 Å². The lowest BCUT2D eigenvalue weighted by Crippen LogP contribution is -1.99. The number of halogens is 3. The van der Waals surface area contributed by atoms with Gasteiger partial charge in [-0.25, -0.2) is 4.39 Å². The molecule has 3 heteroatoms. The molecule has 0 aromatic heterocycles. The second-order valence-electron chi connectivity index (χ2n) is 4.27. The number of hydrogen-bond donors (Lipinski definition) is 0. The molecule has 0 bridgehead atoms. The normalized spacial score (nSPS) is 14.2. The van der Waals surface area contributed by atoms with Gasteiger partial charge in [0.15, 0.2) is 0 Å². The zero-order valence-electron chi connectivity index (χ0n) is 9.91. The molecule has 0 N–H and O–H groups in total. The molecular formula is C15H13Br2F. The number of rotatable bonds is 3. The van der Waals surface area contributed by atoms with Gasteiger partial charge in [-0.2, -0.15) is 0 Å². The largest absolute Gasteiger partial charge is 0.207 e. The van der Waals surface area contributed by atoms with Crippen LogP contribution in [0.15, 0.2) is 48.5 Å². The molecule has 0 saturated carbocycles. The van der Waals surface area contributed by atoms with Crippen LogP contribution in [0.1, 0.15) is 26.3 Å². The Bertz CT molecular complexity index is 456. The number of benzene rings is 2. The first-order valence-corrected chi connectivity index (χ1v) is 7.51. The zero-order chi connectivity index (χ0) is 13.1. The van der Waals surface area contributed by atoms with Crippen molar-refractivity contribution in [3.63, 3.8) is 0 Å². The van der Waals surface area contributed by atoms with E-state index in [2.05, 4.69) is 63.0 Å². The van der Waals surface area contributed by atoms with E-state index < -0.39 is 0 Å². The van der Waals surface area contributed by atoms with E-state index in [0.29, 0.717) is 0 Å². The van der Waals surface area contributed by atoms with Crippen LogP contribution in [0.25, 0.3) is 0 Å². The molecule has 0 nitrogen and oxygen atoms in total. The highest BCUT2D eigenvalue weighted by molar-refractivity contribution is 9.12. The fraction of sp³-hybridized carbons (Fsp3) is 0.200.